The summed E-state index contributed by atoms with van der Waals surface area (Å²) in [6, 6.07) is 0.0419. The van der Waals surface area contributed by atoms with Crippen LogP contribution in [0.25, 0.3) is 0 Å². The van der Waals surface area contributed by atoms with Gasteiger partial charge in [0, 0.05) is 17.8 Å². The van der Waals surface area contributed by atoms with Crippen LogP contribution in [0.1, 0.15) is 59.8 Å². The van der Waals surface area contributed by atoms with Gasteiger partial charge in [-0.3, -0.25) is 14.4 Å². The van der Waals surface area contributed by atoms with E-state index in [4.69, 9.17) is 0 Å². The van der Waals surface area contributed by atoms with Gasteiger partial charge in [-0.1, -0.05) is 18.9 Å². The van der Waals surface area contributed by atoms with Crippen LogP contribution < -0.4 is 5.32 Å². The topological polar surface area (TPSA) is 82.1 Å². The first-order chi connectivity index (χ1) is 13.2. The van der Waals surface area contributed by atoms with Gasteiger partial charge in [0.05, 0.1) is 13.0 Å². The molecule has 1 N–H and O–H groups in total. The maximum absolute atomic E-state index is 13.8. The van der Waals surface area contributed by atoms with Crippen LogP contribution >= 0.6 is 0 Å². The molecule has 28 heavy (non-hydrogen) atoms. The molecular formula is C21H30N4O3. The lowest BCUT2D eigenvalue weighted by Crippen LogP contribution is -2.64. The number of carbonyl (C=O) groups is 3. The van der Waals surface area contributed by atoms with E-state index in [0.717, 1.165) is 31.4 Å². The number of nitrogens with zero attached hydrogens (tertiary/aromatic N) is 3. The third-order valence-corrected chi connectivity index (χ3v) is 5.64. The number of rotatable bonds is 5. The van der Waals surface area contributed by atoms with Gasteiger partial charge in [-0.15, -0.1) is 0 Å². The monoisotopic (exact) mass is 386 g/mol. The zero-order valence-corrected chi connectivity index (χ0v) is 17.2. The van der Waals surface area contributed by atoms with Crippen LogP contribution in [0.15, 0.2) is 28.9 Å². The molecule has 3 rings (SSSR count). The summed E-state index contributed by atoms with van der Waals surface area (Å²) < 4.78 is 0. The highest BCUT2D eigenvalue weighted by Gasteiger charge is 2.50. The number of amidine groups is 1. The first kappa shape index (κ1) is 20.3. The summed E-state index contributed by atoms with van der Waals surface area (Å²) in [5, 5.41) is 2.88. The molecule has 3 aliphatic rings. The van der Waals surface area contributed by atoms with E-state index in [1.54, 1.807) is 17.9 Å². The van der Waals surface area contributed by atoms with Crippen LogP contribution in [0, 0.1) is 0 Å². The molecule has 7 nitrogen and oxygen atoms in total. The van der Waals surface area contributed by atoms with E-state index in [1.165, 1.54) is 0 Å². The number of amides is 3. The second kappa shape index (κ2) is 7.89. The second-order valence-electron chi connectivity index (χ2n) is 8.41. The van der Waals surface area contributed by atoms with Gasteiger partial charge < -0.3 is 15.1 Å². The van der Waals surface area contributed by atoms with E-state index in [2.05, 4.69) is 10.3 Å². The molecule has 1 saturated carbocycles. The van der Waals surface area contributed by atoms with Crippen LogP contribution in [0.3, 0.4) is 0 Å². The van der Waals surface area contributed by atoms with E-state index in [0.29, 0.717) is 5.84 Å². The molecule has 0 aromatic rings. The highest BCUT2D eigenvalue weighted by molar-refractivity contribution is 6.10. The Bertz CT molecular complexity index is 762. The number of hydrogen-bond donors (Lipinski definition) is 1. The van der Waals surface area contributed by atoms with Gasteiger partial charge in [0.1, 0.15) is 11.4 Å². The molecule has 1 fully saturated rings. The summed E-state index contributed by atoms with van der Waals surface area (Å²) in [5.41, 5.74) is -0.220. The Balaban J connectivity index is 1.93. The third kappa shape index (κ3) is 3.88. The average molecular weight is 386 g/mol. The van der Waals surface area contributed by atoms with Gasteiger partial charge in [-0.05, 0) is 52.7 Å². The molecule has 2 heterocycles. The molecule has 3 amide bonds. The van der Waals surface area contributed by atoms with Crippen LogP contribution in [0.5, 0.6) is 0 Å². The van der Waals surface area contributed by atoms with E-state index in [9.17, 15) is 14.4 Å². The van der Waals surface area contributed by atoms with Crippen molar-refractivity contribution in [3.8, 4) is 0 Å². The quantitative estimate of drug-likeness (QED) is 0.785. The number of nitrogens with one attached hydrogen (secondary N) is 1. The van der Waals surface area contributed by atoms with Crippen molar-refractivity contribution in [3.63, 3.8) is 0 Å². The fraction of sp³-hybridized carbons (Fsp3) is 0.619. The minimum absolute atomic E-state index is 0.00335. The van der Waals surface area contributed by atoms with Crippen molar-refractivity contribution in [2.24, 2.45) is 4.99 Å². The Morgan fingerprint density at radius 2 is 2.04 bits per heavy atom. The fourth-order valence-electron chi connectivity index (χ4n) is 4.46. The van der Waals surface area contributed by atoms with E-state index >= 15 is 0 Å². The maximum Gasteiger partial charge on any atom is 0.250 e. The number of hydrogen-bond acceptors (Lipinski definition) is 4. The number of allylic oxidation sites excluding steroid dienone is 3. The van der Waals surface area contributed by atoms with Gasteiger partial charge in [0.2, 0.25) is 11.8 Å². The van der Waals surface area contributed by atoms with Crippen molar-refractivity contribution in [2.75, 3.05) is 6.54 Å². The van der Waals surface area contributed by atoms with Crippen LogP contribution in [0.2, 0.25) is 0 Å². The zero-order valence-electron chi connectivity index (χ0n) is 17.2. The van der Waals surface area contributed by atoms with Gasteiger partial charge >= 0.3 is 0 Å². The maximum atomic E-state index is 13.8. The van der Waals surface area contributed by atoms with Gasteiger partial charge in [0.15, 0.2) is 0 Å². The fourth-order valence-corrected chi connectivity index (χ4v) is 4.46. The smallest absolute Gasteiger partial charge is 0.250 e. The zero-order chi connectivity index (χ0) is 20.5. The Morgan fingerprint density at radius 1 is 1.36 bits per heavy atom. The van der Waals surface area contributed by atoms with Crippen molar-refractivity contribution in [1.29, 1.82) is 0 Å². The molecule has 0 aromatic carbocycles. The molecular weight excluding hydrogens is 356 g/mol. The molecule has 0 unspecified atom stereocenters. The normalized spacial score (nSPS) is 24.8. The summed E-state index contributed by atoms with van der Waals surface area (Å²) in [6.45, 7) is 7.52. The van der Waals surface area contributed by atoms with Crippen molar-refractivity contribution >= 4 is 23.6 Å². The number of carbonyl (C=O) groups excluding carboxylic acids is 3. The molecule has 7 heteroatoms. The SMILES string of the molecule is CC1=CC=CC2=NC(=O)C[C@](C)(C(=O)N(CC(=O)NC(C)C)C3CCCC3)N12. The van der Waals surface area contributed by atoms with E-state index < -0.39 is 5.54 Å². The first-order valence-corrected chi connectivity index (χ1v) is 10.1. The molecule has 0 radical (unpaired) electrons. The van der Waals surface area contributed by atoms with Gasteiger partial charge in [-0.2, -0.15) is 4.99 Å². The van der Waals surface area contributed by atoms with E-state index in [1.807, 2.05) is 37.8 Å². The number of fused-ring (bicyclic) bond motifs is 1. The second-order valence-corrected chi connectivity index (χ2v) is 8.41. The highest BCUT2D eigenvalue weighted by atomic mass is 16.2. The summed E-state index contributed by atoms with van der Waals surface area (Å²) in [7, 11) is 0. The van der Waals surface area contributed by atoms with Gasteiger partial charge in [-0.25, -0.2) is 0 Å². The molecule has 152 valence electrons. The Kier molecular flexibility index (Phi) is 5.72. The van der Waals surface area contributed by atoms with Crippen LogP contribution in [-0.4, -0.2) is 57.5 Å². The predicted octanol–water partition coefficient (Wildman–Crippen LogP) is 2.15. The van der Waals surface area contributed by atoms with Gasteiger partial charge in [0.25, 0.3) is 5.91 Å². The van der Waals surface area contributed by atoms with Crippen LogP contribution in [-0.2, 0) is 14.4 Å². The molecule has 0 saturated heterocycles. The van der Waals surface area contributed by atoms with E-state index in [-0.39, 0.29) is 42.8 Å². The highest BCUT2D eigenvalue weighted by Crippen LogP contribution is 2.35. The molecule has 2 aliphatic heterocycles. The average Bonchev–Trinajstić information content (AvgIpc) is 3.12. The summed E-state index contributed by atoms with van der Waals surface area (Å²) in [4.78, 5) is 46.3. The predicted molar refractivity (Wildman–Crippen MR) is 107 cm³/mol. The Hall–Kier alpha value is -2.44. The lowest BCUT2D eigenvalue weighted by molar-refractivity contribution is -0.148. The summed E-state index contributed by atoms with van der Waals surface area (Å²) >= 11 is 0. The lowest BCUT2D eigenvalue weighted by atomic mass is 9.88. The molecule has 1 atom stereocenters. The lowest BCUT2D eigenvalue weighted by Gasteiger charge is -2.47. The molecule has 1 aliphatic carbocycles. The Labute approximate surface area is 166 Å². The first-order valence-electron chi connectivity index (χ1n) is 10.1. The minimum Gasteiger partial charge on any atom is -0.352 e. The van der Waals surface area contributed by atoms with Crippen molar-refractivity contribution < 1.29 is 14.4 Å². The molecule has 0 aromatic heterocycles. The third-order valence-electron chi connectivity index (χ3n) is 5.64. The Morgan fingerprint density at radius 3 is 2.68 bits per heavy atom. The largest absolute Gasteiger partial charge is 0.352 e. The standard InChI is InChI=1S/C21H30N4O3/c1-14(2)22-19(27)13-24(16-9-5-6-10-16)20(28)21(4)12-18(26)23-17-11-7-8-15(3)25(17)21/h7-8,11,14,16H,5-6,9-10,12-13H2,1-4H3,(H,22,27)/t21-/m1/s1. The molecule has 0 bridgehead atoms. The molecule has 0 spiro atoms. The summed E-state index contributed by atoms with van der Waals surface area (Å²) in [5.74, 6) is -0.160. The van der Waals surface area contributed by atoms with Crippen molar-refractivity contribution in [2.45, 2.75) is 77.4 Å². The van der Waals surface area contributed by atoms with Crippen molar-refractivity contribution in [3.05, 3.63) is 23.9 Å². The van der Waals surface area contributed by atoms with Crippen LogP contribution in [0.4, 0.5) is 0 Å². The summed E-state index contributed by atoms with van der Waals surface area (Å²) in [6.07, 6.45) is 9.37. The van der Waals surface area contributed by atoms with Crippen molar-refractivity contribution in [1.82, 2.24) is 15.1 Å². The minimum atomic E-state index is -1.08. The number of aliphatic imine (C=N–C) groups is 1.